The second kappa shape index (κ2) is 7.82. The second-order valence-electron chi connectivity index (χ2n) is 6.87. The molecule has 0 aliphatic rings. The Labute approximate surface area is 163 Å². The number of nitrogens with one attached hydrogen (secondary N) is 2. The van der Waals surface area contributed by atoms with Crippen LogP contribution in [0.15, 0.2) is 64.5 Å². The Morgan fingerprint density at radius 2 is 1.75 bits per heavy atom. The number of pyridine rings is 1. The molecule has 0 aliphatic carbocycles. The van der Waals surface area contributed by atoms with Gasteiger partial charge in [0.25, 0.3) is 5.56 Å². The number of rotatable bonds is 6. The fraction of sp³-hybridized carbons (Fsp3) is 0.217. The van der Waals surface area contributed by atoms with Gasteiger partial charge in [-0.15, -0.1) is 0 Å². The molecule has 0 bridgehead atoms. The summed E-state index contributed by atoms with van der Waals surface area (Å²) in [7, 11) is 0. The standard InChI is InChI=1S/C23H24N4O/c1-3-27(4-2)15-16-7-9-17(10-8-16)25-14-19-22-18-6-5-13-24-20(18)11-12-21(22)26-23(19)28/h5-14,24H,3-4,15H2,1-2H3,(H,26,28). The third kappa shape index (κ3) is 3.49. The van der Waals surface area contributed by atoms with Crippen LogP contribution in [-0.2, 0) is 6.54 Å². The Morgan fingerprint density at radius 3 is 2.50 bits per heavy atom. The Morgan fingerprint density at radius 1 is 1.00 bits per heavy atom. The van der Waals surface area contributed by atoms with Gasteiger partial charge in [0.05, 0.1) is 11.3 Å². The molecule has 4 rings (SSSR count). The highest BCUT2D eigenvalue weighted by molar-refractivity contribution is 6.13. The monoisotopic (exact) mass is 372 g/mol. The Bertz CT molecular complexity index is 1180. The number of benzene rings is 2. The summed E-state index contributed by atoms with van der Waals surface area (Å²) in [5.41, 5.74) is 4.39. The highest BCUT2D eigenvalue weighted by Gasteiger charge is 2.11. The molecule has 0 fully saturated rings. The normalized spacial score (nSPS) is 12.0. The van der Waals surface area contributed by atoms with Crippen molar-refractivity contribution >= 4 is 33.7 Å². The molecule has 0 atom stereocenters. The van der Waals surface area contributed by atoms with Crippen LogP contribution in [0.1, 0.15) is 25.0 Å². The molecule has 0 aliphatic heterocycles. The lowest BCUT2D eigenvalue weighted by Crippen LogP contribution is -2.21. The number of aromatic amines is 2. The zero-order valence-electron chi connectivity index (χ0n) is 16.2. The van der Waals surface area contributed by atoms with Crippen molar-refractivity contribution in [1.82, 2.24) is 14.9 Å². The summed E-state index contributed by atoms with van der Waals surface area (Å²) in [4.78, 5) is 25.6. The highest BCUT2D eigenvalue weighted by atomic mass is 16.1. The van der Waals surface area contributed by atoms with Crippen LogP contribution in [-0.4, -0.2) is 34.2 Å². The van der Waals surface area contributed by atoms with Gasteiger partial charge in [0.15, 0.2) is 0 Å². The van der Waals surface area contributed by atoms with E-state index in [1.54, 1.807) is 6.21 Å². The fourth-order valence-corrected chi connectivity index (χ4v) is 3.55. The van der Waals surface area contributed by atoms with Crippen LogP contribution < -0.4 is 5.56 Å². The molecule has 2 aromatic heterocycles. The molecule has 4 aromatic rings. The number of hydrogen-bond donors (Lipinski definition) is 2. The van der Waals surface area contributed by atoms with Crippen LogP contribution in [0.25, 0.3) is 21.8 Å². The molecule has 2 N–H and O–H groups in total. The maximum Gasteiger partial charge on any atom is 0.257 e. The maximum atomic E-state index is 12.5. The topological polar surface area (TPSA) is 64.2 Å². The molecule has 2 aromatic carbocycles. The minimum atomic E-state index is -0.117. The van der Waals surface area contributed by atoms with Gasteiger partial charge in [-0.2, -0.15) is 0 Å². The number of aliphatic imine (C=N–C) groups is 1. The summed E-state index contributed by atoms with van der Waals surface area (Å²) in [6.45, 7) is 7.35. The Balaban J connectivity index is 1.66. The number of H-pyrrole nitrogens is 2. The predicted octanol–water partition coefficient (Wildman–Crippen LogP) is 4.60. The lowest BCUT2D eigenvalue weighted by atomic mass is 10.1. The minimum absolute atomic E-state index is 0.117. The first-order valence-corrected chi connectivity index (χ1v) is 9.67. The van der Waals surface area contributed by atoms with Gasteiger partial charge in [0.2, 0.25) is 0 Å². The molecule has 0 saturated carbocycles. The van der Waals surface area contributed by atoms with Gasteiger partial charge in [-0.05, 0) is 49.0 Å². The Kier molecular flexibility index (Phi) is 5.08. The summed E-state index contributed by atoms with van der Waals surface area (Å²) in [6, 6.07) is 16.1. The van der Waals surface area contributed by atoms with E-state index in [2.05, 4.69) is 45.8 Å². The van der Waals surface area contributed by atoms with Crippen molar-refractivity contribution in [2.45, 2.75) is 20.4 Å². The third-order valence-corrected chi connectivity index (χ3v) is 5.19. The lowest BCUT2D eigenvalue weighted by Gasteiger charge is -2.17. The molecular formula is C23H24N4O. The fourth-order valence-electron chi connectivity index (χ4n) is 3.55. The van der Waals surface area contributed by atoms with Crippen LogP contribution in [0.4, 0.5) is 5.69 Å². The van der Waals surface area contributed by atoms with Crippen molar-refractivity contribution in [3.63, 3.8) is 0 Å². The summed E-state index contributed by atoms with van der Waals surface area (Å²) in [5, 5.41) is 1.91. The van der Waals surface area contributed by atoms with Crippen LogP contribution in [0.3, 0.4) is 0 Å². The number of nitrogens with zero attached hydrogens (tertiary/aromatic N) is 2. The maximum absolute atomic E-state index is 12.5. The molecule has 5 heteroatoms. The predicted molar refractivity (Wildman–Crippen MR) is 117 cm³/mol. The molecule has 2 heterocycles. The van der Waals surface area contributed by atoms with E-state index in [4.69, 9.17) is 0 Å². The smallest absolute Gasteiger partial charge is 0.257 e. The van der Waals surface area contributed by atoms with Crippen LogP contribution >= 0.6 is 0 Å². The van der Waals surface area contributed by atoms with Crippen molar-refractivity contribution in [1.29, 1.82) is 0 Å². The number of aromatic nitrogens is 2. The summed E-state index contributed by atoms with van der Waals surface area (Å²) < 4.78 is 0. The average Bonchev–Trinajstić information content (AvgIpc) is 3.07. The van der Waals surface area contributed by atoms with Gasteiger partial charge in [-0.3, -0.25) is 14.7 Å². The van der Waals surface area contributed by atoms with E-state index in [0.717, 1.165) is 47.1 Å². The number of hydrogen-bond acceptors (Lipinski definition) is 3. The summed E-state index contributed by atoms with van der Waals surface area (Å²) in [5.74, 6) is 0. The van der Waals surface area contributed by atoms with Crippen LogP contribution in [0.2, 0.25) is 0 Å². The first kappa shape index (κ1) is 18.2. The van der Waals surface area contributed by atoms with Gasteiger partial charge in [0, 0.05) is 40.8 Å². The quantitative estimate of drug-likeness (QED) is 0.486. The summed E-state index contributed by atoms with van der Waals surface area (Å²) in [6.07, 6.45) is 3.56. The van der Waals surface area contributed by atoms with Gasteiger partial charge < -0.3 is 9.97 Å². The van der Waals surface area contributed by atoms with Gasteiger partial charge >= 0.3 is 0 Å². The molecule has 0 spiro atoms. The van der Waals surface area contributed by atoms with Crippen molar-refractivity contribution < 1.29 is 0 Å². The van der Waals surface area contributed by atoms with E-state index in [9.17, 15) is 4.79 Å². The van der Waals surface area contributed by atoms with E-state index in [-0.39, 0.29) is 5.56 Å². The van der Waals surface area contributed by atoms with Crippen molar-refractivity contribution in [3.8, 4) is 0 Å². The zero-order chi connectivity index (χ0) is 19.5. The van der Waals surface area contributed by atoms with Gasteiger partial charge in [0.1, 0.15) is 0 Å². The molecule has 0 unspecified atom stereocenters. The minimum Gasteiger partial charge on any atom is -0.361 e. The summed E-state index contributed by atoms with van der Waals surface area (Å²) >= 11 is 0. The molecule has 28 heavy (non-hydrogen) atoms. The van der Waals surface area contributed by atoms with Crippen molar-refractivity contribution in [2.24, 2.45) is 4.99 Å². The van der Waals surface area contributed by atoms with Crippen LogP contribution in [0, 0.1) is 0 Å². The van der Waals surface area contributed by atoms with Gasteiger partial charge in [-0.25, -0.2) is 0 Å². The van der Waals surface area contributed by atoms with Crippen LogP contribution in [0.5, 0.6) is 0 Å². The Hall–Kier alpha value is -3.18. The first-order chi connectivity index (χ1) is 13.7. The van der Waals surface area contributed by atoms with Gasteiger partial charge in [-0.1, -0.05) is 32.0 Å². The SMILES string of the molecule is CCN(CC)Cc1ccc(N=Cc2c(=O)[nH]c3ccc4[nH]cccc4c23)cc1. The van der Waals surface area contributed by atoms with E-state index in [1.165, 1.54) is 5.56 Å². The van der Waals surface area contributed by atoms with E-state index in [1.807, 2.05) is 42.6 Å². The van der Waals surface area contributed by atoms with E-state index < -0.39 is 0 Å². The molecule has 0 amide bonds. The largest absolute Gasteiger partial charge is 0.361 e. The third-order valence-electron chi connectivity index (χ3n) is 5.19. The molecule has 0 radical (unpaired) electrons. The molecular weight excluding hydrogens is 348 g/mol. The average molecular weight is 372 g/mol. The van der Waals surface area contributed by atoms with Crippen molar-refractivity contribution in [3.05, 3.63) is 76.2 Å². The highest BCUT2D eigenvalue weighted by Crippen LogP contribution is 2.24. The molecule has 5 nitrogen and oxygen atoms in total. The molecule has 0 saturated heterocycles. The first-order valence-electron chi connectivity index (χ1n) is 9.67. The number of fused-ring (bicyclic) bond motifs is 3. The zero-order valence-corrected chi connectivity index (χ0v) is 16.2. The second-order valence-corrected chi connectivity index (χ2v) is 6.87. The molecule has 142 valence electrons. The van der Waals surface area contributed by atoms with Crippen molar-refractivity contribution in [2.75, 3.05) is 13.1 Å². The van der Waals surface area contributed by atoms with E-state index in [0.29, 0.717) is 5.56 Å². The van der Waals surface area contributed by atoms with E-state index >= 15 is 0 Å². The lowest BCUT2D eigenvalue weighted by molar-refractivity contribution is 0.296.